The van der Waals surface area contributed by atoms with Crippen LogP contribution in [0.3, 0.4) is 0 Å². The molecule has 0 radical (unpaired) electrons. The lowest BCUT2D eigenvalue weighted by molar-refractivity contribution is 0.450. The Kier molecular flexibility index (Phi) is 5.18. The van der Waals surface area contributed by atoms with Crippen LogP contribution in [0.15, 0.2) is 48.5 Å². The van der Waals surface area contributed by atoms with Crippen LogP contribution in [0.5, 0.6) is 0 Å². The zero-order valence-corrected chi connectivity index (χ0v) is 14.2. The molecule has 0 fully saturated rings. The molecule has 1 nitrogen and oxygen atoms in total. The van der Waals surface area contributed by atoms with Gasteiger partial charge in [-0.15, -0.1) is 0 Å². The molecule has 0 saturated heterocycles. The third kappa shape index (κ3) is 4.39. The summed E-state index contributed by atoms with van der Waals surface area (Å²) >= 11 is 12.1. The van der Waals surface area contributed by atoms with Crippen molar-refractivity contribution in [3.63, 3.8) is 0 Å². The van der Waals surface area contributed by atoms with Crippen molar-refractivity contribution in [1.82, 2.24) is 0 Å². The van der Waals surface area contributed by atoms with Crippen LogP contribution >= 0.6 is 23.2 Å². The van der Waals surface area contributed by atoms with Gasteiger partial charge in [-0.1, -0.05) is 67.4 Å². The van der Waals surface area contributed by atoms with Gasteiger partial charge in [0.25, 0.3) is 0 Å². The Bertz CT molecular complexity index is 593. The third-order valence-electron chi connectivity index (χ3n) is 3.70. The summed E-state index contributed by atoms with van der Waals surface area (Å²) in [5, 5.41) is 4.79. The maximum Gasteiger partial charge on any atom is 0.0652 e. The fourth-order valence-corrected chi connectivity index (χ4v) is 3.16. The second kappa shape index (κ2) is 6.72. The van der Waals surface area contributed by atoms with Crippen molar-refractivity contribution in [2.45, 2.75) is 38.6 Å². The standard InChI is InChI=1S/C18H21Cl2N/c1-13(21-17-10-9-15(19)11-16(17)20)12-18(2,3)14-7-5-4-6-8-14/h4-11,13,21H,12H2,1-3H3. The van der Waals surface area contributed by atoms with Gasteiger partial charge in [0.2, 0.25) is 0 Å². The maximum atomic E-state index is 6.21. The third-order valence-corrected chi connectivity index (χ3v) is 4.25. The van der Waals surface area contributed by atoms with Gasteiger partial charge in [-0.05, 0) is 42.5 Å². The molecule has 2 aromatic carbocycles. The smallest absolute Gasteiger partial charge is 0.0652 e. The maximum absolute atomic E-state index is 6.21. The zero-order valence-electron chi connectivity index (χ0n) is 12.7. The van der Waals surface area contributed by atoms with Crippen LogP contribution in [0.2, 0.25) is 10.0 Å². The van der Waals surface area contributed by atoms with Crippen molar-refractivity contribution in [3.8, 4) is 0 Å². The minimum Gasteiger partial charge on any atom is -0.381 e. The Morgan fingerprint density at radius 2 is 1.71 bits per heavy atom. The Balaban J connectivity index is 2.06. The first-order valence-corrected chi connectivity index (χ1v) is 7.91. The molecule has 0 saturated carbocycles. The molecule has 1 atom stereocenters. The number of anilines is 1. The van der Waals surface area contributed by atoms with Gasteiger partial charge in [-0.25, -0.2) is 0 Å². The van der Waals surface area contributed by atoms with Gasteiger partial charge < -0.3 is 5.32 Å². The SMILES string of the molecule is CC(CC(C)(C)c1ccccc1)Nc1ccc(Cl)cc1Cl. The van der Waals surface area contributed by atoms with Crippen LogP contribution in [-0.2, 0) is 5.41 Å². The molecule has 112 valence electrons. The molecule has 0 aliphatic rings. The summed E-state index contributed by atoms with van der Waals surface area (Å²) in [6.45, 7) is 6.71. The minimum absolute atomic E-state index is 0.104. The highest BCUT2D eigenvalue weighted by molar-refractivity contribution is 6.36. The quantitative estimate of drug-likeness (QED) is 0.695. The van der Waals surface area contributed by atoms with Gasteiger partial charge in [0.05, 0.1) is 10.7 Å². The van der Waals surface area contributed by atoms with Crippen LogP contribution in [0, 0.1) is 0 Å². The predicted octanol–water partition coefficient (Wildman–Crippen LogP) is 6.16. The van der Waals surface area contributed by atoms with E-state index < -0.39 is 0 Å². The first-order valence-electron chi connectivity index (χ1n) is 7.15. The number of halogens is 2. The van der Waals surface area contributed by atoms with Gasteiger partial charge in [-0.3, -0.25) is 0 Å². The van der Waals surface area contributed by atoms with Crippen molar-refractivity contribution >= 4 is 28.9 Å². The molecule has 21 heavy (non-hydrogen) atoms. The molecule has 0 heterocycles. The molecule has 2 aromatic rings. The highest BCUT2D eigenvalue weighted by atomic mass is 35.5. The van der Waals surface area contributed by atoms with E-state index in [9.17, 15) is 0 Å². The molecular weight excluding hydrogens is 301 g/mol. The molecule has 3 heteroatoms. The summed E-state index contributed by atoms with van der Waals surface area (Å²) in [6, 6.07) is 16.4. The lowest BCUT2D eigenvalue weighted by atomic mass is 9.79. The first-order chi connectivity index (χ1) is 9.88. The van der Waals surface area contributed by atoms with Crippen molar-refractivity contribution in [2.24, 2.45) is 0 Å². The van der Waals surface area contributed by atoms with Crippen molar-refractivity contribution in [2.75, 3.05) is 5.32 Å². The predicted molar refractivity (Wildman–Crippen MR) is 93.6 cm³/mol. The highest BCUT2D eigenvalue weighted by Gasteiger charge is 2.23. The summed E-state index contributed by atoms with van der Waals surface area (Å²) in [7, 11) is 0. The molecule has 0 bridgehead atoms. The van der Waals surface area contributed by atoms with Gasteiger partial charge in [0.15, 0.2) is 0 Å². The molecule has 0 amide bonds. The lowest BCUT2D eigenvalue weighted by Crippen LogP contribution is -2.27. The van der Waals surface area contributed by atoms with E-state index >= 15 is 0 Å². The van der Waals surface area contributed by atoms with E-state index in [4.69, 9.17) is 23.2 Å². The van der Waals surface area contributed by atoms with Crippen LogP contribution in [0.1, 0.15) is 32.8 Å². The van der Waals surface area contributed by atoms with Gasteiger partial charge in [-0.2, -0.15) is 0 Å². The molecule has 0 aliphatic heterocycles. The Hall–Kier alpha value is -1.18. The number of hydrogen-bond acceptors (Lipinski definition) is 1. The normalized spacial score (nSPS) is 13.0. The molecule has 0 spiro atoms. The van der Waals surface area contributed by atoms with Crippen molar-refractivity contribution in [3.05, 3.63) is 64.1 Å². The fourth-order valence-electron chi connectivity index (χ4n) is 2.70. The summed E-state index contributed by atoms with van der Waals surface area (Å²) in [4.78, 5) is 0. The van der Waals surface area contributed by atoms with E-state index in [0.717, 1.165) is 12.1 Å². The summed E-state index contributed by atoms with van der Waals surface area (Å²) in [5.41, 5.74) is 2.38. The molecule has 1 N–H and O–H groups in total. The van der Waals surface area contributed by atoms with E-state index in [2.05, 4.69) is 56.4 Å². The van der Waals surface area contributed by atoms with E-state index in [0.29, 0.717) is 16.1 Å². The highest BCUT2D eigenvalue weighted by Crippen LogP contribution is 2.31. The number of hydrogen-bond donors (Lipinski definition) is 1. The van der Waals surface area contributed by atoms with Gasteiger partial charge in [0, 0.05) is 11.1 Å². The second-order valence-corrected chi connectivity index (χ2v) is 6.97. The Labute approximate surface area is 137 Å². The van der Waals surface area contributed by atoms with Gasteiger partial charge in [0.1, 0.15) is 0 Å². The van der Waals surface area contributed by atoms with Crippen LogP contribution < -0.4 is 5.32 Å². The van der Waals surface area contributed by atoms with Crippen LogP contribution in [-0.4, -0.2) is 6.04 Å². The second-order valence-electron chi connectivity index (χ2n) is 6.12. The molecule has 0 aromatic heterocycles. The Morgan fingerprint density at radius 1 is 1.05 bits per heavy atom. The lowest BCUT2D eigenvalue weighted by Gasteiger charge is -2.29. The van der Waals surface area contributed by atoms with Crippen LogP contribution in [0.4, 0.5) is 5.69 Å². The summed E-state index contributed by atoms with van der Waals surface area (Å²) < 4.78 is 0. The molecular formula is C18H21Cl2N. The van der Waals surface area contributed by atoms with E-state index in [1.807, 2.05) is 12.1 Å². The zero-order chi connectivity index (χ0) is 15.5. The molecule has 2 rings (SSSR count). The average molecular weight is 322 g/mol. The van der Waals surface area contributed by atoms with E-state index in [1.54, 1.807) is 6.07 Å². The summed E-state index contributed by atoms with van der Waals surface area (Å²) in [6.07, 6.45) is 1.01. The summed E-state index contributed by atoms with van der Waals surface area (Å²) in [5.74, 6) is 0. The number of benzene rings is 2. The minimum atomic E-state index is 0.104. The topological polar surface area (TPSA) is 12.0 Å². The van der Waals surface area contributed by atoms with Crippen molar-refractivity contribution < 1.29 is 0 Å². The largest absolute Gasteiger partial charge is 0.381 e. The number of nitrogens with one attached hydrogen (secondary N) is 1. The van der Waals surface area contributed by atoms with Crippen molar-refractivity contribution in [1.29, 1.82) is 0 Å². The van der Waals surface area contributed by atoms with Gasteiger partial charge >= 0.3 is 0 Å². The molecule has 0 aliphatic carbocycles. The average Bonchev–Trinajstić information content (AvgIpc) is 2.42. The van der Waals surface area contributed by atoms with E-state index in [1.165, 1.54) is 5.56 Å². The fraction of sp³-hybridized carbons (Fsp3) is 0.333. The van der Waals surface area contributed by atoms with Crippen LogP contribution in [0.25, 0.3) is 0 Å². The van der Waals surface area contributed by atoms with E-state index in [-0.39, 0.29) is 5.41 Å². The molecule has 1 unspecified atom stereocenters. The monoisotopic (exact) mass is 321 g/mol. The first kappa shape index (κ1) is 16.2. The number of rotatable bonds is 5. The Morgan fingerprint density at radius 3 is 2.33 bits per heavy atom.